The summed E-state index contributed by atoms with van der Waals surface area (Å²) in [6.45, 7) is 3.52. The monoisotopic (exact) mass is 385 g/mol. The van der Waals surface area contributed by atoms with Crippen molar-refractivity contribution in [2.75, 3.05) is 24.5 Å². The number of alkyl halides is 2. The number of fused-ring (bicyclic) bond motifs is 1. The SMILES string of the molecule is CC1CN(c2c(C=O)cc3c(C(=O)NCC(F)F)noc3c2F)CC(C)O1. The molecule has 27 heavy (non-hydrogen) atoms. The lowest BCUT2D eigenvalue weighted by Gasteiger charge is -2.37. The number of nitrogens with zero attached hydrogens (tertiary/aromatic N) is 2. The van der Waals surface area contributed by atoms with Crippen molar-refractivity contribution in [1.82, 2.24) is 10.5 Å². The Morgan fingerprint density at radius 1 is 1.41 bits per heavy atom. The largest absolute Gasteiger partial charge is 0.372 e. The van der Waals surface area contributed by atoms with Crippen LogP contribution in [0.25, 0.3) is 11.0 Å². The summed E-state index contributed by atoms with van der Waals surface area (Å²) in [5.74, 6) is -1.78. The molecule has 1 aliphatic rings. The number of carbonyl (C=O) groups excluding carboxylic acids is 2. The first kappa shape index (κ1) is 19.2. The number of rotatable bonds is 5. The number of nitrogens with one attached hydrogen (secondary N) is 1. The lowest BCUT2D eigenvalue weighted by atomic mass is 10.1. The zero-order chi connectivity index (χ0) is 19.7. The molecule has 0 aliphatic carbocycles. The second-order valence-electron chi connectivity index (χ2n) is 6.42. The van der Waals surface area contributed by atoms with Crippen LogP contribution in [0.2, 0.25) is 0 Å². The van der Waals surface area contributed by atoms with E-state index in [0.29, 0.717) is 19.4 Å². The van der Waals surface area contributed by atoms with Crippen LogP contribution in [0.3, 0.4) is 0 Å². The van der Waals surface area contributed by atoms with Crippen LogP contribution >= 0.6 is 0 Å². The zero-order valence-corrected chi connectivity index (χ0v) is 14.7. The maximum absolute atomic E-state index is 15.1. The molecule has 1 aromatic carbocycles. The summed E-state index contributed by atoms with van der Waals surface area (Å²) in [5.41, 5.74) is -0.630. The Bertz CT molecular complexity index is 861. The van der Waals surface area contributed by atoms with E-state index >= 15 is 4.39 Å². The van der Waals surface area contributed by atoms with Gasteiger partial charge >= 0.3 is 0 Å². The molecule has 1 amide bonds. The Morgan fingerprint density at radius 2 is 2.07 bits per heavy atom. The highest BCUT2D eigenvalue weighted by Gasteiger charge is 2.30. The van der Waals surface area contributed by atoms with Crippen molar-refractivity contribution in [1.29, 1.82) is 0 Å². The number of anilines is 1. The van der Waals surface area contributed by atoms with Crippen molar-refractivity contribution in [3.8, 4) is 0 Å². The van der Waals surface area contributed by atoms with Gasteiger partial charge in [-0.1, -0.05) is 5.16 Å². The standard InChI is InChI=1S/C17H18F3N3O4/c1-8-5-23(6-9(2)26-8)15-10(7-24)3-11-14(17(25)21-4-12(18)19)22-27-16(11)13(15)20/h3,7-9,12H,4-6H2,1-2H3,(H,21,25). The van der Waals surface area contributed by atoms with Gasteiger partial charge in [-0.25, -0.2) is 13.2 Å². The van der Waals surface area contributed by atoms with Crippen LogP contribution in [-0.2, 0) is 4.74 Å². The van der Waals surface area contributed by atoms with Gasteiger partial charge in [0.25, 0.3) is 12.3 Å². The summed E-state index contributed by atoms with van der Waals surface area (Å²) in [6.07, 6.45) is -2.62. The van der Waals surface area contributed by atoms with E-state index in [0.717, 1.165) is 0 Å². The highest BCUT2D eigenvalue weighted by Crippen LogP contribution is 2.34. The molecule has 0 bridgehead atoms. The summed E-state index contributed by atoms with van der Waals surface area (Å²) >= 11 is 0. The van der Waals surface area contributed by atoms with Crippen LogP contribution in [0.15, 0.2) is 10.6 Å². The first-order valence-corrected chi connectivity index (χ1v) is 8.35. The van der Waals surface area contributed by atoms with Crippen LogP contribution in [0.1, 0.15) is 34.7 Å². The molecule has 10 heteroatoms. The predicted molar refractivity (Wildman–Crippen MR) is 89.9 cm³/mol. The topological polar surface area (TPSA) is 84.7 Å². The van der Waals surface area contributed by atoms with E-state index in [9.17, 15) is 18.4 Å². The van der Waals surface area contributed by atoms with Gasteiger partial charge in [0.05, 0.1) is 29.8 Å². The minimum atomic E-state index is -2.74. The number of hydrogen-bond donors (Lipinski definition) is 1. The number of carbonyl (C=O) groups is 2. The third-order valence-electron chi connectivity index (χ3n) is 4.20. The average Bonchev–Trinajstić information content (AvgIpc) is 3.02. The van der Waals surface area contributed by atoms with Crippen LogP contribution in [-0.4, -0.2) is 55.6 Å². The van der Waals surface area contributed by atoms with Crippen LogP contribution in [0.5, 0.6) is 0 Å². The number of morpholine rings is 1. The molecule has 1 aromatic heterocycles. The molecular weight excluding hydrogens is 367 g/mol. The van der Waals surface area contributed by atoms with E-state index in [2.05, 4.69) is 5.16 Å². The smallest absolute Gasteiger partial charge is 0.274 e. The van der Waals surface area contributed by atoms with Gasteiger partial charge in [0.1, 0.15) is 0 Å². The maximum Gasteiger partial charge on any atom is 0.274 e. The number of aromatic nitrogens is 1. The van der Waals surface area contributed by atoms with E-state index in [4.69, 9.17) is 9.26 Å². The second-order valence-corrected chi connectivity index (χ2v) is 6.42. The van der Waals surface area contributed by atoms with E-state index in [-0.39, 0.29) is 40.1 Å². The number of halogens is 3. The maximum atomic E-state index is 15.1. The lowest BCUT2D eigenvalue weighted by Crippen LogP contribution is -2.46. The number of aldehydes is 1. The number of hydrogen-bond acceptors (Lipinski definition) is 6. The quantitative estimate of drug-likeness (QED) is 0.796. The summed E-state index contributed by atoms with van der Waals surface area (Å²) < 4.78 is 50.2. The Labute approximate surface area is 152 Å². The van der Waals surface area contributed by atoms with Gasteiger partial charge in [-0.3, -0.25) is 9.59 Å². The summed E-state index contributed by atoms with van der Waals surface area (Å²) in [4.78, 5) is 25.3. The van der Waals surface area contributed by atoms with E-state index < -0.39 is 24.7 Å². The molecule has 2 aromatic rings. The molecule has 7 nitrogen and oxygen atoms in total. The summed E-state index contributed by atoms with van der Waals surface area (Å²) in [5, 5.41) is 5.41. The Morgan fingerprint density at radius 3 is 2.67 bits per heavy atom. The normalized spacial score (nSPS) is 20.3. The predicted octanol–water partition coefficient (Wildman–Crippen LogP) is 2.39. The Balaban J connectivity index is 2.04. The minimum Gasteiger partial charge on any atom is -0.372 e. The van der Waals surface area contributed by atoms with Gasteiger partial charge in [-0.15, -0.1) is 0 Å². The van der Waals surface area contributed by atoms with Gasteiger partial charge < -0.3 is 19.5 Å². The van der Waals surface area contributed by atoms with Crippen molar-refractivity contribution >= 4 is 28.8 Å². The van der Waals surface area contributed by atoms with Gasteiger partial charge in [0.15, 0.2) is 17.8 Å². The van der Waals surface area contributed by atoms with E-state index in [1.54, 1.807) is 4.90 Å². The molecule has 1 saturated heterocycles. The fourth-order valence-electron chi connectivity index (χ4n) is 3.24. The fourth-order valence-corrected chi connectivity index (χ4v) is 3.24. The van der Waals surface area contributed by atoms with Gasteiger partial charge in [-0.05, 0) is 19.9 Å². The van der Waals surface area contributed by atoms with Crippen LogP contribution in [0, 0.1) is 5.82 Å². The lowest BCUT2D eigenvalue weighted by molar-refractivity contribution is -0.00543. The summed E-state index contributed by atoms with van der Waals surface area (Å²) in [7, 11) is 0. The number of amides is 1. The fraction of sp³-hybridized carbons (Fsp3) is 0.471. The highest BCUT2D eigenvalue weighted by atomic mass is 19.3. The van der Waals surface area contributed by atoms with Gasteiger partial charge in [-0.2, -0.15) is 0 Å². The third-order valence-corrected chi connectivity index (χ3v) is 4.20. The summed E-state index contributed by atoms with van der Waals surface area (Å²) in [6, 6.07) is 1.28. The molecule has 0 radical (unpaired) electrons. The van der Waals surface area contributed by atoms with Crippen molar-refractivity contribution in [3.05, 3.63) is 23.1 Å². The average molecular weight is 385 g/mol. The highest BCUT2D eigenvalue weighted by molar-refractivity contribution is 6.06. The molecule has 3 rings (SSSR count). The van der Waals surface area contributed by atoms with Crippen molar-refractivity contribution in [2.24, 2.45) is 0 Å². The van der Waals surface area contributed by atoms with Crippen molar-refractivity contribution in [3.63, 3.8) is 0 Å². The molecule has 0 spiro atoms. The Hall–Kier alpha value is -2.62. The first-order chi connectivity index (χ1) is 12.8. The second kappa shape index (κ2) is 7.55. The van der Waals surface area contributed by atoms with Crippen molar-refractivity contribution < 1.29 is 32.0 Å². The Kier molecular flexibility index (Phi) is 5.36. The molecule has 1 N–H and O–H groups in total. The number of ether oxygens (including phenoxy) is 1. The molecule has 2 unspecified atom stereocenters. The molecule has 146 valence electrons. The molecular formula is C17H18F3N3O4. The first-order valence-electron chi connectivity index (χ1n) is 8.35. The molecule has 1 fully saturated rings. The minimum absolute atomic E-state index is 0.00686. The molecule has 2 heterocycles. The molecule has 1 aliphatic heterocycles. The number of benzene rings is 1. The molecule has 2 atom stereocenters. The van der Waals surface area contributed by atoms with Crippen LogP contribution in [0.4, 0.5) is 18.9 Å². The van der Waals surface area contributed by atoms with Gasteiger partial charge in [0, 0.05) is 18.7 Å². The van der Waals surface area contributed by atoms with Crippen LogP contribution < -0.4 is 10.2 Å². The van der Waals surface area contributed by atoms with Crippen molar-refractivity contribution in [2.45, 2.75) is 32.5 Å². The third kappa shape index (κ3) is 3.75. The zero-order valence-electron chi connectivity index (χ0n) is 14.7. The van der Waals surface area contributed by atoms with E-state index in [1.165, 1.54) is 6.07 Å². The van der Waals surface area contributed by atoms with Gasteiger partial charge in [0.2, 0.25) is 5.58 Å². The molecule has 0 saturated carbocycles. The van der Waals surface area contributed by atoms with E-state index in [1.807, 2.05) is 19.2 Å².